The van der Waals surface area contributed by atoms with Crippen LogP contribution in [-0.4, -0.2) is 29.6 Å². The first-order chi connectivity index (χ1) is 12.7. The summed E-state index contributed by atoms with van der Waals surface area (Å²) in [5.41, 5.74) is 2.97. The maximum absolute atomic E-state index is 13.2. The number of methoxy groups -OCH3 is 1. The van der Waals surface area contributed by atoms with E-state index in [1.165, 1.54) is 10.4 Å². The van der Waals surface area contributed by atoms with E-state index in [2.05, 4.69) is 11.4 Å². The Morgan fingerprint density at radius 1 is 1.12 bits per heavy atom. The molecular formula is C21H19NO3S. The Kier molecular flexibility index (Phi) is 4.39. The summed E-state index contributed by atoms with van der Waals surface area (Å²) in [7, 11) is 1.65. The molecule has 132 valence electrons. The summed E-state index contributed by atoms with van der Waals surface area (Å²) in [5.74, 6) is 0.935. The highest BCUT2D eigenvalue weighted by atomic mass is 32.1. The maximum Gasteiger partial charge on any atom is 0.254 e. The Labute approximate surface area is 156 Å². The lowest BCUT2D eigenvalue weighted by molar-refractivity contribution is 0.0698. The van der Waals surface area contributed by atoms with E-state index >= 15 is 0 Å². The van der Waals surface area contributed by atoms with Gasteiger partial charge in [-0.3, -0.25) is 4.79 Å². The highest BCUT2D eigenvalue weighted by Gasteiger charge is 2.33. The van der Waals surface area contributed by atoms with Gasteiger partial charge in [0.15, 0.2) is 0 Å². The van der Waals surface area contributed by atoms with Gasteiger partial charge < -0.3 is 14.7 Å². The predicted octanol–water partition coefficient (Wildman–Crippen LogP) is 4.25. The van der Waals surface area contributed by atoms with Crippen LogP contribution in [0.3, 0.4) is 0 Å². The van der Waals surface area contributed by atoms with Crippen LogP contribution in [0.4, 0.5) is 0 Å². The van der Waals surface area contributed by atoms with Crippen LogP contribution in [0.15, 0.2) is 60.0 Å². The first-order valence-corrected chi connectivity index (χ1v) is 9.35. The fourth-order valence-corrected chi connectivity index (χ4v) is 4.50. The number of hydrogen-bond donors (Lipinski definition) is 1. The van der Waals surface area contributed by atoms with E-state index in [-0.39, 0.29) is 17.7 Å². The molecule has 1 unspecified atom stereocenters. The second-order valence-electron chi connectivity index (χ2n) is 6.28. The minimum atomic E-state index is -0.106. The number of phenols is 1. The average Bonchev–Trinajstić information content (AvgIpc) is 3.16. The summed E-state index contributed by atoms with van der Waals surface area (Å²) in [4.78, 5) is 16.3. The van der Waals surface area contributed by atoms with E-state index < -0.39 is 0 Å². The Morgan fingerprint density at radius 3 is 2.54 bits per heavy atom. The summed E-state index contributed by atoms with van der Waals surface area (Å²) in [6, 6.07) is 16.4. The number of hydrogen-bond acceptors (Lipinski definition) is 4. The molecule has 1 N–H and O–H groups in total. The van der Waals surface area contributed by atoms with Crippen molar-refractivity contribution in [1.82, 2.24) is 4.90 Å². The van der Waals surface area contributed by atoms with Crippen molar-refractivity contribution in [2.24, 2.45) is 0 Å². The average molecular weight is 365 g/mol. The zero-order valence-corrected chi connectivity index (χ0v) is 15.2. The third-order valence-corrected chi connectivity index (χ3v) is 5.78. The molecule has 0 saturated heterocycles. The van der Waals surface area contributed by atoms with Crippen molar-refractivity contribution in [2.45, 2.75) is 12.5 Å². The van der Waals surface area contributed by atoms with Gasteiger partial charge in [0.1, 0.15) is 11.5 Å². The second-order valence-corrected chi connectivity index (χ2v) is 7.23. The van der Waals surface area contributed by atoms with E-state index in [1.807, 2.05) is 29.2 Å². The lowest BCUT2D eigenvalue weighted by atomic mass is 9.94. The molecule has 3 aromatic rings. The van der Waals surface area contributed by atoms with Crippen molar-refractivity contribution in [3.63, 3.8) is 0 Å². The Morgan fingerprint density at radius 2 is 1.85 bits per heavy atom. The lowest BCUT2D eigenvalue weighted by Gasteiger charge is -2.36. The molecule has 5 heteroatoms. The van der Waals surface area contributed by atoms with Crippen LogP contribution in [0.25, 0.3) is 0 Å². The first kappa shape index (κ1) is 16.7. The van der Waals surface area contributed by atoms with Crippen LogP contribution in [-0.2, 0) is 6.42 Å². The fourth-order valence-electron chi connectivity index (χ4n) is 3.41. The van der Waals surface area contributed by atoms with Crippen LogP contribution < -0.4 is 4.74 Å². The van der Waals surface area contributed by atoms with Crippen molar-refractivity contribution >= 4 is 17.2 Å². The number of ether oxygens (including phenoxy) is 1. The number of fused-ring (bicyclic) bond motifs is 1. The molecule has 2 aromatic carbocycles. The zero-order chi connectivity index (χ0) is 18.1. The fraction of sp³-hybridized carbons (Fsp3) is 0.190. The molecule has 4 nitrogen and oxygen atoms in total. The van der Waals surface area contributed by atoms with Crippen LogP contribution in [0.5, 0.6) is 11.5 Å². The van der Waals surface area contributed by atoms with E-state index in [0.29, 0.717) is 12.1 Å². The van der Waals surface area contributed by atoms with Gasteiger partial charge in [-0.25, -0.2) is 0 Å². The molecule has 0 radical (unpaired) electrons. The molecule has 1 aliphatic rings. The van der Waals surface area contributed by atoms with Crippen molar-refractivity contribution in [3.05, 3.63) is 81.5 Å². The third kappa shape index (κ3) is 2.95. The van der Waals surface area contributed by atoms with Crippen LogP contribution in [0, 0.1) is 0 Å². The van der Waals surface area contributed by atoms with Gasteiger partial charge in [0, 0.05) is 17.0 Å². The van der Waals surface area contributed by atoms with Crippen molar-refractivity contribution in [2.75, 3.05) is 13.7 Å². The molecule has 1 aromatic heterocycles. The largest absolute Gasteiger partial charge is 0.508 e. The zero-order valence-electron chi connectivity index (χ0n) is 14.4. The highest BCUT2D eigenvalue weighted by Crippen LogP contribution is 2.39. The van der Waals surface area contributed by atoms with E-state index in [0.717, 1.165) is 17.7 Å². The van der Waals surface area contributed by atoms with Gasteiger partial charge in [0.05, 0.1) is 13.2 Å². The SMILES string of the molecule is COc1ccc(C2c3sccc3CCN2C(=O)c2ccc(O)cc2)cc1. The van der Waals surface area contributed by atoms with E-state index in [4.69, 9.17) is 4.74 Å². The second kappa shape index (κ2) is 6.84. The van der Waals surface area contributed by atoms with Crippen molar-refractivity contribution < 1.29 is 14.6 Å². The Balaban J connectivity index is 1.74. The van der Waals surface area contributed by atoms with Crippen molar-refractivity contribution in [1.29, 1.82) is 0 Å². The van der Waals surface area contributed by atoms with Crippen LogP contribution in [0.1, 0.15) is 32.4 Å². The smallest absolute Gasteiger partial charge is 0.254 e. The molecule has 0 fully saturated rings. The normalized spacial score (nSPS) is 16.2. The van der Waals surface area contributed by atoms with Crippen LogP contribution in [0.2, 0.25) is 0 Å². The lowest BCUT2D eigenvalue weighted by Crippen LogP contribution is -2.39. The maximum atomic E-state index is 13.2. The topological polar surface area (TPSA) is 49.8 Å². The predicted molar refractivity (Wildman–Crippen MR) is 102 cm³/mol. The highest BCUT2D eigenvalue weighted by molar-refractivity contribution is 7.10. The molecule has 0 aliphatic carbocycles. The molecule has 4 rings (SSSR count). The molecule has 0 spiro atoms. The number of nitrogens with zero attached hydrogens (tertiary/aromatic N) is 1. The van der Waals surface area contributed by atoms with E-state index in [9.17, 15) is 9.90 Å². The van der Waals surface area contributed by atoms with E-state index in [1.54, 1.807) is 42.7 Å². The molecule has 1 atom stereocenters. The van der Waals surface area contributed by atoms with Gasteiger partial charge in [-0.05, 0) is 65.4 Å². The number of amides is 1. The van der Waals surface area contributed by atoms with Gasteiger partial charge in [-0.15, -0.1) is 11.3 Å². The third-order valence-electron chi connectivity index (χ3n) is 4.77. The summed E-state index contributed by atoms with van der Waals surface area (Å²) in [5, 5.41) is 11.6. The molecule has 1 amide bonds. The Hall–Kier alpha value is -2.79. The standard InChI is InChI=1S/C21H19NO3S/c1-25-18-8-4-14(5-9-18)19-20-15(11-13-26-20)10-12-22(19)21(24)16-2-6-17(23)7-3-16/h2-9,11,13,19,23H,10,12H2,1H3. The number of carbonyl (C=O) groups excluding carboxylic acids is 1. The summed E-state index contributed by atoms with van der Waals surface area (Å²) < 4.78 is 5.26. The molecule has 0 saturated carbocycles. The number of rotatable bonds is 3. The monoisotopic (exact) mass is 365 g/mol. The molecule has 2 heterocycles. The van der Waals surface area contributed by atoms with Crippen LogP contribution >= 0.6 is 11.3 Å². The van der Waals surface area contributed by atoms with Crippen molar-refractivity contribution in [3.8, 4) is 11.5 Å². The Bertz CT molecular complexity index is 915. The van der Waals surface area contributed by atoms with Gasteiger partial charge in [0.25, 0.3) is 5.91 Å². The number of aromatic hydroxyl groups is 1. The quantitative estimate of drug-likeness (QED) is 0.755. The number of carbonyl (C=O) groups is 1. The summed E-state index contributed by atoms with van der Waals surface area (Å²) in [6.07, 6.45) is 0.856. The number of thiophene rings is 1. The van der Waals surface area contributed by atoms with Gasteiger partial charge >= 0.3 is 0 Å². The van der Waals surface area contributed by atoms with Gasteiger partial charge in [-0.2, -0.15) is 0 Å². The summed E-state index contributed by atoms with van der Waals surface area (Å²) in [6.45, 7) is 0.667. The molecule has 0 bridgehead atoms. The summed E-state index contributed by atoms with van der Waals surface area (Å²) >= 11 is 1.69. The minimum absolute atomic E-state index is 0.0233. The molecule has 26 heavy (non-hydrogen) atoms. The molecule has 1 aliphatic heterocycles. The number of benzene rings is 2. The van der Waals surface area contributed by atoms with Gasteiger partial charge in [0.2, 0.25) is 0 Å². The van der Waals surface area contributed by atoms with Gasteiger partial charge in [-0.1, -0.05) is 12.1 Å². The molecular weight excluding hydrogens is 346 g/mol. The minimum Gasteiger partial charge on any atom is -0.508 e. The number of phenolic OH excluding ortho intramolecular Hbond substituents is 1. The first-order valence-electron chi connectivity index (χ1n) is 8.47.